The van der Waals surface area contributed by atoms with Crippen molar-refractivity contribution in [2.45, 2.75) is 75.0 Å². The Balaban J connectivity index is 1.52. The minimum absolute atomic E-state index is 0.0171. The molecule has 0 unspecified atom stereocenters. The molecule has 2 fully saturated rings. The number of aromatic nitrogens is 1. The van der Waals surface area contributed by atoms with E-state index in [-0.39, 0.29) is 16.1 Å². The van der Waals surface area contributed by atoms with Crippen LogP contribution >= 0.6 is 0 Å². The molecule has 1 aromatic carbocycles. The lowest BCUT2D eigenvalue weighted by Crippen LogP contribution is -2.29. The third kappa shape index (κ3) is 5.85. The van der Waals surface area contributed by atoms with E-state index in [1.165, 1.54) is 43.5 Å². The number of carbonyl (C=O) groups is 1. The molecule has 2 N–H and O–H groups in total. The summed E-state index contributed by atoms with van der Waals surface area (Å²) in [6.45, 7) is 1.51. The SMILES string of the molecule is O=C(O)c1cc(NS(=O)(=O)c2ccc(C3CCCCC3)cc2)cnc1N1CCCCCCC1. The average Bonchev–Trinajstić information content (AvgIpc) is 2.79. The average molecular weight is 472 g/mol. The molecule has 1 aliphatic heterocycles. The quantitative estimate of drug-likeness (QED) is 0.585. The van der Waals surface area contributed by atoms with Gasteiger partial charge >= 0.3 is 5.97 Å². The van der Waals surface area contributed by atoms with Gasteiger partial charge in [0, 0.05) is 13.1 Å². The van der Waals surface area contributed by atoms with Gasteiger partial charge in [0.25, 0.3) is 10.0 Å². The van der Waals surface area contributed by atoms with Crippen molar-refractivity contribution in [2.24, 2.45) is 0 Å². The lowest BCUT2D eigenvalue weighted by atomic mass is 9.84. The molecule has 1 saturated heterocycles. The van der Waals surface area contributed by atoms with Gasteiger partial charge in [-0.2, -0.15) is 0 Å². The monoisotopic (exact) mass is 471 g/mol. The number of anilines is 2. The van der Waals surface area contributed by atoms with Crippen LogP contribution < -0.4 is 9.62 Å². The number of sulfonamides is 1. The summed E-state index contributed by atoms with van der Waals surface area (Å²) in [7, 11) is -3.85. The Morgan fingerprint density at radius 3 is 2.18 bits per heavy atom. The number of rotatable bonds is 6. The third-order valence-electron chi connectivity index (χ3n) is 6.77. The fourth-order valence-corrected chi connectivity index (χ4v) is 5.99. The zero-order valence-electron chi connectivity index (χ0n) is 19.0. The second-order valence-electron chi connectivity index (χ2n) is 9.16. The summed E-state index contributed by atoms with van der Waals surface area (Å²) in [6, 6.07) is 8.43. The van der Waals surface area contributed by atoms with Gasteiger partial charge in [0.15, 0.2) is 0 Å². The van der Waals surface area contributed by atoms with E-state index in [0.717, 1.165) is 51.6 Å². The van der Waals surface area contributed by atoms with Crippen LogP contribution in [-0.4, -0.2) is 37.6 Å². The second-order valence-corrected chi connectivity index (χ2v) is 10.8. The van der Waals surface area contributed by atoms with E-state index in [4.69, 9.17) is 0 Å². The van der Waals surface area contributed by atoms with Gasteiger partial charge in [-0.25, -0.2) is 18.2 Å². The normalized spacial score (nSPS) is 18.4. The first kappa shape index (κ1) is 23.5. The van der Waals surface area contributed by atoms with E-state index >= 15 is 0 Å². The molecule has 0 radical (unpaired) electrons. The lowest BCUT2D eigenvalue weighted by Gasteiger charge is -2.27. The highest BCUT2D eigenvalue weighted by Gasteiger charge is 2.22. The first-order chi connectivity index (χ1) is 15.9. The van der Waals surface area contributed by atoms with E-state index in [1.807, 2.05) is 17.0 Å². The minimum Gasteiger partial charge on any atom is -0.478 e. The van der Waals surface area contributed by atoms with Gasteiger partial charge in [-0.05, 0) is 55.4 Å². The number of hydrogen-bond acceptors (Lipinski definition) is 5. The van der Waals surface area contributed by atoms with E-state index in [9.17, 15) is 18.3 Å². The fourth-order valence-electron chi connectivity index (χ4n) is 4.95. The number of nitrogens with zero attached hydrogens (tertiary/aromatic N) is 2. The highest BCUT2D eigenvalue weighted by molar-refractivity contribution is 7.92. The summed E-state index contributed by atoms with van der Waals surface area (Å²) in [5, 5.41) is 9.77. The Hall–Kier alpha value is -2.61. The predicted molar refractivity (Wildman–Crippen MR) is 130 cm³/mol. The highest BCUT2D eigenvalue weighted by atomic mass is 32.2. The maximum Gasteiger partial charge on any atom is 0.339 e. The topological polar surface area (TPSA) is 99.6 Å². The van der Waals surface area contributed by atoms with Gasteiger partial charge in [0.05, 0.1) is 16.8 Å². The molecular formula is C25H33N3O4S. The van der Waals surface area contributed by atoms with Crippen LogP contribution in [-0.2, 0) is 10.0 Å². The molecule has 1 aliphatic carbocycles. The number of carboxylic acids is 1. The molecule has 7 nitrogen and oxygen atoms in total. The van der Waals surface area contributed by atoms with Crippen molar-refractivity contribution in [3.05, 3.63) is 47.7 Å². The summed E-state index contributed by atoms with van der Waals surface area (Å²) in [5.74, 6) is -0.205. The molecule has 0 atom stereocenters. The molecule has 178 valence electrons. The van der Waals surface area contributed by atoms with Gasteiger partial charge < -0.3 is 10.0 Å². The Labute approximate surface area is 196 Å². The van der Waals surface area contributed by atoms with Crippen LogP contribution in [0.1, 0.15) is 86.0 Å². The van der Waals surface area contributed by atoms with Crippen molar-refractivity contribution in [3.8, 4) is 0 Å². The van der Waals surface area contributed by atoms with Crippen LogP contribution in [0.4, 0.5) is 11.5 Å². The molecule has 0 spiro atoms. The Kier molecular flexibility index (Phi) is 7.53. The van der Waals surface area contributed by atoms with Crippen LogP contribution in [0.15, 0.2) is 41.4 Å². The lowest BCUT2D eigenvalue weighted by molar-refractivity contribution is 0.0697. The number of hydrogen-bond donors (Lipinski definition) is 2. The van der Waals surface area contributed by atoms with Crippen LogP contribution in [0, 0.1) is 0 Å². The van der Waals surface area contributed by atoms with E-state index in [1.54, 1.807) is 12.1 Å². The first-order valence-corrected chi connectivity index (χ1v) is 13.5. The standard InChI is InChI=1S/C25H33N3O4S/c29-25(30)23-17-21(18-26-24(23)28-15-7-2-1-3-8-16-28)27-33(31,32)22-13-11-20(12-14-22)19-9-5-4-6-10-19/h11-14,17-19,27H,1-10,15-16H2,(H,29,30). The molecule has 8 heteroatoms. The van der Waals surface area contributed by atoms with Crippen molar-refractivity contribution < 1.29 is 18.3 Å². The maximum atomic E-state index is 12.9. The molecule has 0 amide bonds. The van der Waals surface area contributed by atoms with Crippen LogP contribution in [0.5, 0.6) is 0 Å². The van der Waals surface area contributed by atoms with Gasteiger partial charge in [0.2, 0.25) is 0 Å². The molecular weight excluding hydrogens is 438 g/mol. The van der Waals surface area contributed by atoms with E-state index in [0.29, 0.717) is 11.7 Å². The van der Waals surface area contributed by atoms with Crippen LogP contribution in [0.2, 0.25) is 0 Å². The smallest absolute Gasteiger partial charge is 0.339 e. The molecule has 4 rings (SSSR count). The zero-order chi connectivity index (χ0) is 23.3. The predicted octanol–water partition coefficient (Wildman–Crippen LogP) is 5.40. The van der Waals surface area contributed by atoms with Crippen molar-refractivity contribution in [2.75, 3.05) is 22.7 Å². The Bertz CT molecular complexity index is 1060. The summed E-state index contributed by atoms with van der Waals surface area (Å²) >= 11 is 0. The number of benzene rings is 1. The maximum absolute atomic E-state index is 12.9. The summed E-state index contributed by atoms with van der Waals surface area (Å²) < 4.78 is 28.4. The third-order valence-corrected chi connectivity index (χ3v) is 8.17. The largest absolute Gasteiger partial charge is 0.478 e. The number of carboxylic acid groups (broad SMARTS) is 1. The van der Waals surface area contributed by atoms with Crippen molar-refractivity contribution >= 4 is 27.5 Å². The molecule has 1 saturated carbocycles. The molecule has 0 bridgehead atoms. The highest BCUT2D eigenvalue weighted by Crippen LogP contribution is 2.33. The molecule has 2 heterocycles. The summed E-state index contributed by atoms with van der Waals surface area (Å²) in [6.07, 6.45) is 12.9. The van der Waals surface area contributed by atoms with Gasteiger partial charge in [-0.3, -0.25) is 4.72 Å². The minimum atomic E-state index is -3.85. The second kappa shape index (κ2) is 10.5. The van der Waals surface area contributed by atoms with Crippen molar-refractivity contribution in [3.63, 3.8) is 0 Å². The number of nitrogens with one attached hydrogen (secondary N) is 1. The fraction of sp³-hybridized carbons (Fsp3) is 0.520. The molecule has 2 aliphatic rings. The summed E-state index contributed by atoms with van der Waals surface area (Å²) in [4.78, 5) is 18.5. The van der Waals surface area contributed by atoms with Gasteiger partial charge in [-0.15, -0.1) is 0 Å². The van der Waals surface area contributed by atoms with Crippen LogP contribution in [0.3, 0.4) is 0 Å². The Morgan fingerprint density at radius 1 is 0.939 bits per heavy atom. The van der Waals surface area contributed by atoms with Crippen LogP contribution in [0.25, 0.3) is 0 Å². The zero-order valence-corrected chi connectivity index (χ0v) is 19.8. The molecule has 2 aromatic rings. The van der Waals surface area contributed by atoms with E-state index < -0.39 is 16.0 Å². The summed E-state index contributed by atoms with van der Waals surface area (Å²) in [5.41, 5.74) is 1.35. The van der Waals surface area contributed by atoms with E-state index in [2.05, 4.69) is 9.71 Å². The first-order valence-electron chi connectivity index (χ1n) is 12.0. The number of aromatic carboxylic acids is 1. The van der Waals surface area contributed by atoms with Crippen molar-refractivity contribution in [1.82, 2.24) is 4.98 Å². The van der Waals surface area contributed by atoms with Gasteiger partial charge in [0.1, 0.15) is 11.4 Å². The Morgan fingerprint density at radius 2 is 1.55 bits per heavy atom. The number of pyridine rings is 1. The molecule has 1 aromatic heterocycles. The van der Waals surface area contributed by atoms with Gasteiger partial charge in [-0.1, -0.05) is 50.7 Å². The van der Waals surface area contributed by atoms with Crippen molar-refractivity contribution in [1.29, 1.82) is 0 Å². The molecule has 33 heavy (non-hydrogen) atoms.